The van der Waals surface area contributed by atoms with Crippen LogP contribution in [-0.4, -0.2) is 62.2 Å². The van der Waals surface area contributed by atoms with Gasteiger partial charge in [-0.15, -0.1) is 0 Å². The number of anilines is 1. The number of sulfonamides is 1. The molecule has 0 bridgehead atoms. The smallest absolute Gasteiger partial charge is 0.305 e. The fourth-order valence-corrected chi connectivity index (χ4v) is 5.21. The molecule has 0 aromatic heterocycles. The molecule has 9 nitrogen and oxygen atoms in total. The van der Waals surface area contributed by atoms with Crippen molar-refractivity contribution in [1.82, 2.24) is 4.90 Å². The van der Waals surface area contributed by atoms with Crippen molar-refractivity contribution < 1.29 is 37.0 Å². The first-order valence-corrected chi connectivity index (χ1v) is 11.8. The number of rotatable bonds is 5. The van der Waals surface area contributed by atoms with Crippen molar-refractivity contribution in [2.45, 2.75) is 42.4 Å². The second-order valence-corrected chi connectivity index (χ2v) is 9.72. The lowest BCUT2D eigenvalue weighted by Crippen LogP contribution is -2.53. The topological polar surface area (TPSA) is 122 Å². The van der Waals surface area contributed by atoms with Crippen LogP contribution in [0.1, 0.15) is 29.6 Å². The number of hydrogen-bond donors (Lipinski definition) is 2. The Morgan fingerprint density at radius 3 is 2.76 bits per heavy atom. The Balaban J connectivity index is 1.58. The molecule has 2 aromatic rings. The third-order valence-corrected chi connectivity index (χ3v) is 7.15. The number of hydrogen-bond acceptors (Lipinski definition) is 6. The van der Waals surface area contributed by atoms with Crippen LogP contribution in [0.4, 0.5) is 10.1 Å². The van der Waals surface area contributed by atoms with E-state index < -0.39 is 34.0 Å². The zero-order valence-electron chi connectivity index (χ0n) is 17.7. The molecule has 1 saturated heterocycles. The van der Waals surface area contributed by atoms with Crippen LogP contribution in [-0.2, 0) is 19.6 Å². The van der Waals surface area contributed by atoms with Gasteiger partial charge < -0.3 is 19.5 Å². The fraction of sp³-hybridized carbons (Fsp3) is 0.364. The van der Waals surface area contributed by atoms with E-state index in [0.717, 1.165) is 12.1 Å². The fourth-order valence-electron chi connectivity index (χ4n) is 4.13. The molecule has 0 saturated carbocycles. The third kappa shape index (κ3) is 4.93. The van der Waals surface area contributed by atoms with Crippen LogP contribution >= 0.6 is 0 Å². The molecule has 4 rings (SSSR count). The number of carbonyl (C=O) groups is 2. The molecule has 2 aromatic carbocycles. The number of ether oxygens (including phenoxy) is 2. The Hall–Kier alpha value is -3.18. The van der Waals surface area contributed by atoms with Crippen molar-refractivity contribution in [3.63, 3.8) is 0 Å². The Kier molecular flexibility index (Phi) is 6.26. The lowest BCUT2D eigenvalue weighted by atomic mass is 9.95. The van der Waals surface area contributed by atoms with Gasteiger partial charge in [-0.05, 0) is 49.2 Å². The van der Waals surface area contributed by atoms with Gasteiger partial charge in [0.2, 0.25) is 0 Å². The normalized spacial score (nSPS) is 22.9. The highest BCUT2D eigenvalue weighted by Crippen LogP contribution is 2.33. The van der Waals surface area contributed by atoms with Gasteiger partial charge in [-0.2, -0.15) is 0 Å². The van der Waals surface area contributed by atoms with E-state index >= 15 is 0 Å². The summed E-state index contributed by atoms with van der Waals surface area (Å²) in [5, 5.41) is 9.04. The predicted molar refractivity (Wildman–Crippen MR) is 115 cm³/mol. The maximum absolute atomic E-state index is 13.5. The average Bonchev–Trinajstić information content (AvgIpc) is 2.76. The van der Waals surface area contributed by atoms with E-state index in [2.05, 4.69) is 4.72 Å². The highest BCUT2D eigenvalue weighted by molar-refractivity contribution is 7.92. The molecule has 0 unspecified atom stereocenters. The van der Waals surface area contributed by atoms with E-state index in [4.69, 9.17) is 14.6 Å². The summed E-state index contributed by atoms with van der Waals surface area (Å²) in [6.07, 6.45) is -0.0154. The highest BCUT2D eigenvalue weighted by atomic mass is 32.2. The van der Waals surface area contributed by atoms with Crippen LogP contribution < -0.4 is 9.46 Å². The summed E-state index contributed by atoms with van der Waals surface area (Å²) in [4.78, 5) is 25.5. The molecule has 176 valence electrons. The summed E-state index contributed by atoms with van der Waals surface area (Å²) in [6, 6.07) is 8.58. The van der Waals surface area contributed by atoms with Crippen LogP contribution in [0.15, 0.2) is 47.4 Å². The summed E-state index contributed by atoms with van der Waals surface area (Å²) in [5.41, 5.74) is 0.296. The molecule has 11 heteroatoms. The molecular formula is C22H23FN2O7S. The number of carboxylic acid groups (broad SMARTS) is 1. The zero-order chi connectivity index (χ0) is 23.8. The van der Waals surface area contributed by atoms with Gasteiger partial charge in [-0.3, -0.25) is 14.3 Å². The summed E-state index contributed by atoms with van der Waals surface area (Å²) in [5.74, 6) is -1.76. The van der Waals surface area contributed by atoms with E-state index in [9.17, 15) is 22.4 Å². The number of benzene rings is 2. The van der Waals surface area contributed by atoms with Crippen molar-refractivity contribution in [3.05, 3.63) is 53.8 Å². The van der Waals surface area contributed by atoms with Crippen molar-refractivity contribution in [1.29, 1.82) is 0 Å². The molecular weight excluding hydrogens is 455 g/mol. The van der Waals surface area contributed by atoms with Crippen LogP contribution in [0, 0.1) is 5.82 Å². The summed E-state index contributed by atoms with van der Waals surface area (Å²) in [7, 11) is -2.44. The van der Waals surface area contributed by atoms with E-state index in [1.165, 1.54) is 35.2 Å². The van der Waals surface area contributed by atoms with Gasteiger partial charge in [0, 0.05) is 12.7 Å². The largest absolute Gasteiger partial charge is 0.490 e. The van der Waals surface area contributed by atoms with Gasteiger partial charge in [0.25, 0.3) is 15.9 Å². The van der Waals surface area contributed by atoms with Crippen LogP contribution in [0.25, 0.3) is 0 Å². The second kappa shape index (κ2) is 8.99. The second-order valence-electron chi connectivity index (χ2n) is 8.04. The Morgan fingerprint density at radius 2 is 2.03 bits per heavy atom. The van der Waals surface area contributed by atoms with E-state index in [1.807, 2.05) is 0 Å². The average molecular weight is 478 g/mol. The first kappa shape index (κ1) is 23.0. The van der Waals surface area contributed by atoms with Gasteiger partial charge >= 0.3 is 5.97 Å². The Labute approximate surface area is 190 Å². The summed E-state index contributed by atoms with van der Waals surface area (Å²) >= 11 is 0. The Morgan fingerprint density at radius 1 is 1.24 bits per heavy atom. The van der Waals surface area contributed by atoms with Crippen LogP contribution in [0.3, 0.4) is 0 Å². The molecule has 0 spiro atoms. The number of nitrogens with zero attached hydrogens (tertiary/aromatic N) is 1. The monoisotopic (exact) mass is 478 g/mol. The molecule has 2 aliphatic rings. The standard InChI is InChI=1S/C22H23FN2O7S/c1-25-18-7-6-15(11-21(26)27)32-20(18)12-31-19-8-5-14(10-17(19)22(25)28)24-33(29,30)16-4-2-3-13(23)9-16/h2-5,8-10,15,18,20,24H,6-7,11-12H2,1H3,(H,26,27)/t15-,18+,20+/m1/s1. The summed E-state index contributed by atoms with van der Waals surface area (Å²) < 4.78 is 52.8. The van der Waals surface area contributed by atoms with E-state index in [-0.39, 0.29) is 46.9 Å². The minimum atomic E-state index is -4.07. The number of amides is 1. The minimum Gasteiger partial charge on any atom is -0.490 e. The lowest BCUT2D eigenvalue weighted by Gasteiger charge is -2.42. The molecule has 3 atom stereocenters. The van der Waals surface area contributed by atoms with Crippen LogP contribution in [0.2, 0.25) is 0 Å². The van der Waals surface area contributed by atoms with E-state index in [1.54, 1.807) is 7.05 Å². The molecule has 2 aliphatic heterocycles. The molecule has 0 radical (unpaired) electrons. The minimum absolute atomic E-state index is 0.111. The van der Waals surface area contributed by atoms with Crippen molar-refractivity contribution in [2.24, 2.45) is 0 Å². The van der Waals surface area contributed by atoms with Gasteiger partial charge in [0.1, 0.15) is 24.3 Å². The van der Waals surface area contributed by atoms with E-state index in [0.29, 0.717) is 12.8 Å². The number of carbonyl (C=O) groups excluding carboxylic acids is 1. The first-order valence-electron chi connectivity index (χ1n) is 10.3. The van der Waals surface area contributed by atoms with Crippen molar-refractivity contribution in [3.8, 4) is 5.75 Å². The van der Waals surface area contributed by atoms with Gasteiger partial charge in [0.15, 0.2) is 0 Å². The third-order valence-electron chi connectivity index (χ3n) is 5.77. The number of carboxylic acids is 1. The Bertz CT molecular complexity index is 1190. The molecule has 33 heavy (non-hydrogen) atoms. The molecule has 1 amide bonds. The highest BCUT2D eigenvalue weighted by Gasteiger charge is 2.39. The van der Waals surface area contributed by atoms with Crippen molar-refractivity contribution >= 4 is 27.6 Å². The summed E-state index contributed by atoms with van der Waals surface area (Å²) in [6.45, 7) is 0.111. The molecule has 0 aliphatic carbocycles. The number of nitrogens with one attached hydrogen (secondary N) is 1. The van der Waals surface area contributed by atoms with Gasteiger partial charge in [0.05, 0.1) is 29.0 Å². The van der Waals surface area contributed by atoms with Gasteiger partial charge in [-0.25, -0.2) is 12.8 Å². The predicted octanol–water partition coefficient (Wildman–Crippen LogP) is 2.48. The van der Waals surface area contributed by atoms with Crippen LogP contribution in [0.5, 0.6) is 5.75 Å². The maximum Gasteiger partial charge on any atom is 0.305 e. The maximum atomic E-state index is 13.5. The SMILES string of the molecule is CN1C(=O)c2cc(NS(=O)(=O)c3cccc(F)c3)ccc2OC[C@@H]2O[C@@H](CC(=O)O)CC[C@@H]21. The molecule has 2 heterocycles. The first-order chi connectivity index (χ1) is 15.6. The molecule has 2 N–H and O–H groups in total. The zero-order valence-corrected chi connectivity index (χ0v) is 18.5. The number of fused-ring (bicyclic) bond motifs is 2. The quantitative estimate of drug-likeness (QED) is 0.677. The van der Waals surface area contributed by atoms with Crippen molar-refractivity contribution in [2.75, 3.05) is 18.4 Å². The number of likely N-dealkylation sites (N-methyl/N-ethyl adjacent to an activating group) is 1. The number of halogens is 1. The van der Waals surface area contributed by atoms with Gasteiger partial charge in [-0.1, -0.05) is 6.07 Å². The lowest BCUT2D eigenvalue weighted by molar-refractivity contribution is -0.148. The molecule has 1 fully saturated rings. The number of aliphatic carboxylic acids is 1.